The van der Waals surface area contributed by atoms with E-state index in [2.05, 4.69) is 53.2 Å². The van der Waals surface area contributed by atoms with E-state index >= 15 is 0 Å². The summed E-state index contributed by atoms with van der Waals surface area (Å²) in [5.41, 5.74) is 2.75. The molecule has 0 radical (unpaired) electrons. The van der Waals surface area contributed by atoms with Crippen LogP contribution < -0.4 is 9.47 Å². The molecule has 2 aliphatic rings. The van der Waals surface area contributed by atoms with E-state index in [1.54, 1.807) is 14.2 Å². The summed E-state index contributed by atoms with van der Waals surface area (Å²) in [4.78, 5) is 7.70. The van der Waals surface area contributed by atoms with Gasteiger partial charge in [-0.3, -0.25) is 4.90 Å². The lowest BCUT2D eigenvalue weighted by molar-refractivity contribution is 0.109. The predicted molar refractivity (Wildman–Crippen MR) is 106 cm³/mol. The summed E-state index contributed by atoms with van der Waals surface area (Å²) < 4.78 is 11.0. The quantitative estimate of drug-likeness (QED) is 0.820. The number of hydrogen-bond donors (Lipinski definition) is 0. The number of rotatable bonds is 3. The number of ether oxygens (including phenoxy) is 2. The zero-order valence-electron chi connectivity index (χ0n) is 15.7. The lowest BCUT2D eigenvalue weighted by Gasteiger charge is -2.38. The zero-order chi connectivity index (χ0) is 18.1. The molecule has 2 aromatic rings. The number of fused-ring (bicyclic) bond motifs is 2. The van der Waals surface area contributed by atoms with Crippen LogP contribution in [0.4, 0.5) is 0 Å². The number of likely N-dealkylation sites (N-methyl/N-ethyl adjacent to an activating group) is 1. The Kier molecular flexibility index (Phi) is 5.11. The molecule has 0 saturated carbocycles. The first-order valence-electron chi connectivity index (χ1n) is 9.13. The molecule has 0 unspecified atom stereocenters. The minimum absolute atomic E-state index is 0.370. The average molecular weight is 371 g/mol. The van der Waals surface area contributed by atoms with Crippen molar-refractivity contribution in [3.8, 4) is 11.5 Å². The Labute approximate surface area is 160 Å². The van der Waals surface area contributed by atoms with Crippen molar-refractivity contribution in [3.05, 3.63) is 47.5 Å². The van der Waals surface area contributed by atoms with Gasteiger partial charge in [-0.2, -0.15) is 0 Å². The average Bonchev–Trinajstić information content (AvgIpc) is 2.84. The van der Waals surface area contributed by atoms with Gasteiger partial charge in [-0.25, -0.2) is 0 Å². The van der Waals surface area contributed by atoms with Gasteiger partial charge in [-0.15, -0.1) is 0 Å². The van der Waals surface area contributed by atoms with Crippen LogP contribution in [-0.4, -0.2) is 57.2 Å². The van der Waals surface area contributed by atoms with E-state index in [0.717, 1.165) is 44.1 Å². The van der Waals surface area contributed by atoms with Crippen LogP contribution in [0.1, 0.15) is 17.2 Å². The van der Waals surface area contributed by atoms with Crippen molar-refractivity contribution in [1.29, 1.82) is 0 Å². The third-order valence-corrected chi connectivity index (χ3v) is 6.67. The first-order valence-corrected chi connectivity index (χ1v) is 9.95. The maximum Gasteiger partial charge on any atom is 0.119 e. The first kappa shape index (κ1) is 17.7. The Morgan fingerprint density at radius 1 is 0.885 bits per heavy atom. The molecule has 0 bridgehead atoms. The highest BCUT2D eigenvalue weighted by Gasteiger charge is 2.30. The Hall–Kier alpha value is -1.69. The molecule has 0 N–H and O–H groups in total. The van der Waals surface area contributed by atoms with Crippen molar-refractivity contribution >= 4 is 11.8 Å². The van der Waals surface area contributed by atoms with Gasteiger partial charge >= 0.3 is 0 Å². The van der Waals surface area contributed by atoms with Crippen molar-refractivity contribution in [2.45, 2.75) is 22.3 Å². The summed E-state index contributed by atoms with van der Waals surface area (Å²) in [6.45, 7) is 4.44. The minimum atomic E-state index is 0.370. The molecule has 0 aliphatic carbocycles. The molecule has 2 aromatic carbocycles. The van der Waals surface area contributed by atoms with Gasteiger partial charge in [0.2, 0.25) is 0 Å². The van der Waals surface area contributed by atoms with Crippen LogP contribution in [0.25, 0.3) is 0 Å². The number of benzene rings is 2. The molecule has 2 heterocycles. The van der Waals surface area contributed by atoms with Gasteiger partial charge in [0.1, 0.15) is 11.5 Å². The fourth-order valence-electron chi connectivity index (χ4n) is 3.84. The van der Waals surface area contributed by atoms with Gasteiger partial charge in [0.25, 0.3) is 0 Å². The Morgan fingerprint density at radius 2 is 1.54 bits per heavy atom. The van der Waals surface area contributed by atoms with Crippen LogP contribution in [0.2, 0.25) is 0 Å². The summed E-state index contributed by atoms with van der Waals surface area (Å²) >= 11 is 1.86. The summed E-state index contributed by atoms with van der Waals surface area (Å²) in [7, 11) is 5.69. The summed E-state index contributed by atoms with van der Waals surface area (Å²) in [6.07, 6.45) is 1.00. The number of piperazine rings is 1. The molecule has 5 heteroatoms. The molecule has 1 atom stereocenters. The van der Waals surface area contributed by atoms with E-state index in [-0.39, 0.29) is 0 Å². The van der Waals surface area contributed by atoms with Crippen LogP contribution in [0.3, 0.4) is 0 Å². The van der Waals surface area contributed by atoms with Gasteiger partial charge in [-0.05, 0) is 61.0 Å². The fraction of sp³-hybridized carbons (Fsp3) is 0.429. The second-order valence-electron chi connectivity index (χ2n) is 7.04. The van der Waals surface area contributed by atoms with Crippen LogP contribution in [0.5, 0.6) is 11.5 Å². The smallest absolute Gasteiger partial charge is 0.119 e. The van der Waals surface area contributed by atoms with E-state index in [1.165, 1.54) is 20.9 Å². The van der Waals surface area contributed by atoms with E-state index in [9.17, 15) is 0 Å². The monoisotopic (exact) mass is 370 g/mol. The second kappa shape index (κ2) is 7.51. The lowest BCUT2D eigenvalue weighted by Crippen LogP contribution is -2.46. The minimum Gasteiger partial charge on any atom is -0.497 e. The van der Waals surface area contributed by atoms with Crippen molar-refractivity contribution in [1.82, 2.24) is 9.80 Å². The molecule has 1 fully saturated rings. The number of methoxy groups -OCH3 is 2. The largest absolute Gasteiger partial charge is 0.497 e. The molecule has 138 valence electrons. The van der Waals surface area contributed by atoms with Gasteiger partial charge in [0.15, 0.2) is 0 Å². The third-order valence-electron chi connectivity index (χ3n) is 5.46. The van der Waals surface area contributed by atoms with Gasteiger partial charge in [0.05, 0.1) is 14.2 Å². The van der Waals surface area contributed by atoms with Crippen LogP contribution >= 0.6 is 11.8 Å². The normalized spacial score (nSPS) is 20.8. The second-order valence-corrected chi connectivity index (χ2v) is 8.12. The highest BCUT2D eigenvalue weighted by molar-refractivity contribution is 7.99. The SMILES string of the molecule is COc1ccc2c(c1)C[C@H](N1CCN(C)CC1)c1cc(OC)ccc1S2. The summed E-state index contributed by atoms with van der Waals surface area (Å²) in [6, 6.07) is 13.3. The Morgan fingerprint density at radius 3 is 2.23 bits per heavy atom. The van der Waals surface area contributed by atoms with Crippen LogP contribution in [-0.2, 0) is 6.42 Å². The maximum atomic E-state index is 5.53. The van der Waals surface area contributed by atoms with Crippen molar-refractivity contribution < 1.29 is 9.47 Å². The molecule has 0 amide bonds. The topological polar surface area (TPSA) is 24.9 Å². The molecule has 4 rings (SSSR count). The molecule has 0 spiro atoms. The van der Waals surface area contributed by atoms with Crippen LogP contribution in [0, 0.1) is 0 Å². The van der Waals surface area contributed by atoms with E-state index < -0.39 is 0 Å². The highest BCUT2D eigenvalue weighted by atomic mass is 32.2. The standard InChI is InChI=1S/C21H26N2O2S/c1-22-8-10-23(11-9-22)19-13-15-12-16(24-2)4-6-20(15)26-21-7-5-17(25-3)14-18(19)21/h4-7,12,14,19H,8-11,13H2,1-3H3/t19-/m0/s1. The summed E-state index contributed by atoms with van der Waals surface area (Å²) in [5, 5.41) is 0. The number of nitrogens with zero attached hydrogens (tertiary/aromatic N) is 2. The maximum absolute atomic E-state index is 5.53. The molecule has 26 heavy (non-hydrogen) atoms. The summed E-state index contributed by atoms with van der Waals surface area (Å²) in [5.74, 6) is 1.87. The van der Waals surface area contributed by atoms with Crippen molar-refractivity contribution in [2.75, 3.05) is 47.4 Å². The predicted octanol–water partition coefficient (Wildman–Crippen LogP) is 3.70. The van der Waals surface area contributed by atoms with Gasteiger partial charge in [0, 0.05) is 42.0 Å². The van der Waals surface area contributed by atoms with Crippen molar-refractivity contribution in [2.24, 2.45) is 0 Å². The molecule has 0 aromatic heterocycles. The van der Waals surface area contributed by atoms with E-state index in [4.69, 9.17) is 9.47 Å². The first-order chi connectivity index (χ1) is 12.7. The Bertz CT molecular complexity index is 788. The van der Waals surface area contributed by atoms with Gasteiger partial charge in [-0.1, -0.05) is 11.8 Å². The van der Waals surface area contributed by atoms with E-state index in [1.807, 2.05) is 11.8 Å². The van der Waals surface area contributed by atoms with Crippen LogP contribution in [0.15, 0.2) is 46.2 Å². The zero-order valence-corrected chi connectivity index (χ0v) is 16.5. The number of hydrogen-bond acceptors (Lipinski definition) is 5. The molecule has 1 saturated heterocycles. The van der Waals surface area contributed by atoms with Gasteiger partial charge < -0.3 is 14.4 Å². The Balaban J connectivity index is 1.76. The molecular formula is C21H26N2O2S. The lowest BCUT2D eigenvalue weighted by atomic mass is 9.96. The van der Waals surface area contributed by atoms with E-state index in [0.29, 0.717) is 6.04 Å². The highest BCUT2D eigenvalue weighted by Crippen LogP contribution is 2.45. The fourth-order valence-corrected chi connectivity index (χ4v) is 4.94. The molecular weight excluding hydrogens is 344 g/mol. The van der Waals surface area contributed by atoms with Crippen molar-refractivity contribution in [3.63, 3.8) is 0 Å². The third kappa shape index (κ3) is 3.43. The molecule has 4 nitrogen and oxygen atoms in total. The molecule has 2 aliphatic heterocycles.